The molecule has 0 fully saturated rings. The smallest absolute Gasteiger partial charge is 0.225 e. The molecule has 0 bridgehead atoms. The van der Waals surface area contributed by atoms with Crippen LogP contribution >= 0.6 is 11.3 Å². The molecule has 0 aliphatic carbocycles. The van der Waals surface area contributed by atoms with Crippen LogP contribution in [-0.4, -0.2) is 23.8 Å². The van der Waals surface area contributed by atoms with Gasteiger partial charge in [0, 0.05) is 19.4 Å². The van der Waals surface area contributed by atoms with Gasteiger partial charge >= 0.3 is 0 Å². The highest BCUT2D eigenvalue weighted by atomic mass is 32.1. The zero-order valence-corrected chi connectivity index (χ0v) is 8.77. The maximum Gasteiger partial charge on any atom is 0.225 e. The number of hydrogen-bond acceptors (Lipinski definition) is 4. The van der Waals surface area contributed by atoms with Crippen LogP contribution in [0, 0.1) is 0 Å². The van der Waals surface area contributed by atoms with Crippen LogP contribution in [0.2, 0.25) is 0 Å². The lowest BCUT2D eigenvalue weighted by Crippen LogP contribution is -2.20. The summed E-state index contributed by atoms with van der Waals surface area (Å²) in [6.07, 6.45) is 0.243. The molecule has 0 saturated heterocycles. The Hall–Kier alpha value is -1.43. The predicted octanol–water partition coefficient (Wildman–Crippen LogP) is 0.390. The minimum absolute atomic E-state index is 0.0929. The zero-order valence-electron chi connectivity index (χ0n) is 7.96. The number of hydrogen-bond donors (Lipinski definition) is 2. The summed E-state index contributed by atoms with van der Waals surface area (Å²) in [6.45, 7) is 1.42. The minimum atomic E-state index is -0.161. The maximum atomic E-state index is 11.0. The molecule has 0 aromatic carbocycles. The number of rotatable bonds is 3. The zero-order chi connectivity index (χ0) is 10.6. The van der Waals surface area contributed by atoms with Gasteiger partial charge in [0.25, 0.3) is 0 Å². The van der Waals surface area contributed by atoms with Crippen molar-refractivity contribution >= 4 is 28.3 Å². The normalized spacial score (nSPS) is 9.57. The van der Waals surface area contributed by atoms with Crippen LogP contribution < -0.4 is 10.6 Å². The summed E-state index contributed by atoms with van der Waals surface area (Å²) < 4.78 is 0. The number of likely N-dealkylation sites (N-methyl/N-ethyl adjacent to an activating group) is 1. The Labute approximate surface area is 85.5 Å². The highest BCUT2D eigenvalue weighted by Gasteiger charge is 2.06. The molecule has 1 rings (SSSR count). The van der Waals surface area contributed by atoms with E-state index in [1.807, 2.05) is 0 Å². The first-order valence-corrected chi connectivity index (χ1v) is 4.92. The summed E-state index contributed by atoms with van der Waals surface area (Å²) in [7, 11) is 1.57. The number of amides is 2. The van der Waals surface area contributed by atoms with Crippen molar-refractivity contribution in [2.45, 2.75) is 13.3 Å². The van der Waals surface area contributed by atoms with Crippen molar-refractivity contribution < 1.29 is 9.59 Å². The van der Waals surface area contributed by atoms with E-state index >= 15 is 0 Å². The minimum Gasteiger partial charge on any atom is -0.359 e. The molecular formula is C8H11N3O2S. The van der Waals surface area contributed by atoms with E-state index in [0.29, 0.717) is 10.8 Å². The van der Waals surface area contributed by atoms with Gasteiger partial charge in [-0.3, -0.25) is 9.59 Å². The lowest BCUT2D eigenvalue weighted by atomic mass is 10.3. The summed E-state index contributed by atoms with van der Waals surface area (Å²) in [4.78, 5) is 25.7. The van der Waals surface area contributed by atoms with Gasteiger partial charge in [-0.15, -0.1) is 11.3 Å². The Morgan fingerprint density at radius 1 is 1.57 bits per heavy atom. The van der Waals surface area contributed by atoms with Gasteiger partial charge < -0.3 is 10.6 Å². The third-order valence-corrected chi connectivity index (χ3v) is 2.26. The first-order valence-electron chi connectivity index (χ1n) is 4.04. The molecule has 6 heteroatoms. The second kappa shape index (κ2) is 4.71. The fraction of sp³-hybridized carbons (Fsp3) is 0.375. The summed E-state index contributed by atoms with van der Waals surface area (Å²) in [5, 5.41) is 7.33. The van der Waals surface area contributed by atoms with Crippen molar-refractivity contribution in [2.75, 3.05) is 12.4 Å². The molecule has 5 nitrogen and oxygen atoms in total. The fourth-order valence-electron chi connectivity index (χ4n) is 0.849. The molecule has 0 atom stereocenters. The Morgan fingerprint density at radius 3 is 2.86 bits per heavy atom. The van der Waals surface area contributed by atoms with Gasteiger partial charge in [0.05, 0.1) is 12.1 Å². The van der Waals surface area contributed by atoms with E-state index in [4.69, 9.17) is 0 Å². The molecule has 2 amide bonds. The Balaban J connectivity index is 2.59. The number of thiazole rings is 1. The lowest BCUT2D eigenvalue weighted by molar-refractivity contribution is -0.120. The molecule has 1 heterocycles. The summed E-state index contributed by atoms with van der Waals surface area (Å²) >= 11 is 1.31. The van der Waals surface area contributed by atoms with Crippen molar-refractivity contribution in [3.05, 3.63) is 11.1 Å². The summed E-state index contributed by atoms with van der Waals surface area (Å²) in [5.74, 6) is -0.254. The van der Waals surface area contributed by atoms with Crippen LogP contribution in [0.3, 0.4) is 0 Å². The van der Waals surface area contributed by atoms with E-state index in [2.05, 4.69) is 15.6 Å². The largest absolute Gasteiger partial charge is 0.359 e. The maximum absolute atomic E-state index is 11.0. The number of nitrogens with one attached hydrogen (secondary N) is 2. The van der Waals surface area contributed by atoms with Crippen molar-refractivity contribution in [2.24, 2.45) is 0 Å². The van der Waals surface area contributed by atoms with Crippen LogP contribution in [0.15, 0.2) is 5.38 Å². The van der Waals surface area contributed by atoms with Gasteiger partial charge in [-0.05, 0) is 0 Å². The van der Waals surface area contributed by atoms with Crippen molar-refractivity contribution in [3.8, 4) is 0 Å². The molecule has 0 spiro atoms. The van der Waals surface area contributed by atoms with Crippen molar-refractivity contribution in [1.82, 2.24) is 10.3 Å². The van der Waals surface area contributed by atoms with Gasteiger partial charge in [-0.2, -0.15) is 0 Å². The summed E-state index contributed by atoms with van der Waals surface area (Å²) in [5.41, 5.74) is 0.665. The molecule has 1 aromatic heterocycles. The first-order chi connectivity index (χ1) is 6.61. The number of carbonyl (C=O) groups is 2. The molecule has 2 N–H and O–H groups in total. The standard InChI is InChI=1S/C8H11N3O2S/c1-5(12)10-8-11-6(4-14-8)3-7(13)9-2/h4H,3H2,1-2H3,(H,9,13)(H,10,11,12). The molecule has 1 aromatic rings. The van der Waals surface area contributed by atoms with Gasteiger partial charge in [0.2, 0.25) is 11.8 Å². The average Bonchev–Trinajstić information content (AvgIpc) is 2.51. The van der Waals surface area contributed by atoms with Gasteiger partial charge in [-0.1, -0.05) is 0 Å². The topological polar surface area (TPSA) is 71.1 Å². The van der Waals surface area contributed by atoms with Crippen molar-refractivity contribution in [3.63, 3.8) is 0 Å². The monoisotopic (exact) mass is 213 g/mol. The Morgan fingerprint density at radius 2 is 2.29 bits per heavy atom. The second-order valence-corrected chi connectivity index (χ2v) is 3.53. The lowest BCUT2D eigenvalue weighted by Gasteiger charge is -1.95. The predicted molar refractivity (Wildman–Crippen MR) is 54.2 cm³/mol. The molecule has 0 aliphatic rings. The Bertz CT molecular complexity index is 348. The Kier molecular flexibility index (Phi) is 3.58. The fourth-order valence-corrected chi connectivity index (χ4v) is 1.61. The van der Waals surface area contributed by atoms with E-state index in [1.165, 1.54) is 18.3 Å². The van der Waals surface area contributed by atoms with Gasteiger partial charge in [0.15, 0.2) is 5.13 Å². The first kappa shape index (κ1) is 10.6. The SMILES string of the molecule is CNC(=O)Cc1csc(NC(C)=O)n1. The van der Waals surface area contributed by atoms with Crippen LogP contribution in [0.1, 0.15) is 12.6 Å². The van der Waals surface area contributed by atoms with Gasteiger partial charge in [0.1, 0.15) is 0 Å². The highest BCUT2D eigenvalue weighted by molar-refractivity contribution is 7.13. The number of anilines is 1. The molecule has 14 heavy (non-hydrogen) atoms. The molecule has 0 unspecified atom stereocenters. The van der Waals surface area contributed by atoms with E-state index in [1.54, 1.807) is 12.4 Å². The number of carbonyl (C=O) groups excluding carboxylic acids is 2. The summed E-state index contributed by atoms with van der Waals surface area (Å²) in [6, 6.07) is 0. The number of aromatic nitrogens is 1. The third kappa shape index (κ3) is 3.14. The van der Waals surface area contributed by atoms with Gasteiger partial charge in [-0.25, -0.2) is 4.98 Å². The van der Waals surface area contributed by atoms with E-state index in [9.17, 15) is 9.59 Å². The van der Waals surface area contributed by atoms with Crippen LogP contribution in [-0.2, 0) is 16.0 Å². The average molecular weight is 213 g/mol. The van der Waals surface area contributed by atoms with E-state index in [0.717, 1.165) is 0 Å². The quantitative estimate of drug-likeness (QED) is 0.763. The highest BCUT2D eigenvalue weighted by Crippen LogP contribution is 2.15. The molecular weight excluding hydrogens is 202 g/mol. The van der Waals surface area contributed by atoms with Crippen LogP contribution in [0.4, 0.5) is 5.13 Å². The van der Waals surface area contributed by atoms with Crippen LogP contribution in [0.5, 0.6) is 0 Å². The molecule has 0 radical (unpaired) electrons. The van der Waals surface area contributed by atoms with E-state index < -0.39 is 0 Å². The second-order valence-electron chi connectivity index (χ2n) is 2.68. The number of nitrogens with zero attached hydrogens (tertiary/aromatic N) is 1. The van der Waals surface area contributed by atoms with Crippen LogP contribution in [0.25, 0.3) is 0 Å². The molecule has 0 saturated carbocycles. The molecule has 76 valence electrons. The van der Waals surface area contributed by atoms with Crippen molar-refractivity contribution in [1.29, 1.82) is 0 Å². The third-order valence-electron chi connectivity index (χ3n) is 1.46. The van der Waals surface area contributed by atoms with E-state index in [-0.39, 0.29) is 18.2 Å². The molecule has 0 aliphatic heterocycles.